The first-order chi connectivity index (χ1) is 13.6. The van der Waals surface area contributed by atoms with Gasteiger partial charge in [-0.05, 0) is 40.8 Å². The Morgan fingerprint density at radius 3 is 2.64 bits per heavy atom. The Morgan fingerprint density at radius 1 is 1.07 bits per heavy atom. The van der Waals surface area contributed by atoms with E-state index in [4.69, 9.17) is 5.26 Å². The molecule has 0 bridgehead atoms. The number of anilines is 1. The highest BCUT2D eigenvalue weighted by molar-refractivity contribution is 5.92. The van der Waals surface area contributed by atoms with Crippen molar-refractivity contribution in [1.29, 1.82) is 5.26 Å². The number of fused-ring (bicyclic) bond motifs is 1. The van der Waals surface area contributed by atoms with E-state index in [1.165, 1.54) is 0 Å². The Hall–Kier alpha value is -3.85. The molecule has 1 N–H and O–H groups in total. The predicted octanol–water partition coefficient (Wildman–Crippen LogP) is 3.48. The van der Waals surface area contributed by atoms with E-state index in [0.717, 1.165) is 22.0 Å². The fourth-order valence-corrected chi connectivity index (χ4v) is 3.18. The summed E-state index contributed by atoms with van der Waals surface area (Å²) in [6.07, 6.45) is 4.13. The summed E-state index contributed by atoms with van der Waals surface area (Å²) in [6, 6.07) is 19.4. The van der Waals surface area contributed by atoms with Crippen molar-refractivity contribution < 1.29 is 4.79 Å². The van der Waals surface area contributed by atoms with Crippen molar-refractivity contribution in [3.8, 4) is 6.07 Å². The number of nitrogens with one attached hydrogen (secondary N) is 1. The molecule has 2 aromatic heterocycles. The molecule has 28 heavy (non-hydrogen) atoms. The number of aromatic nitrogens is 3. The highest BCUT2D eigenvalue weighted by Crippen LogP contribution is 2.17. The number of rotatable bonds is 5. The standard InChI is InChI=1S/C22H19N5O/c1-26-10-8-19-7-6-18(12-20(19)26)13-22(28)24-21-9-11-27(25-21)15-17-4-2-16(14-23)3-5-17/h2-12H,13,15H2,1H3,(H,24,25,28). The minimum Gasteiger partial charge on any atom is -0.351 e. The van der Waals surface area contributed by atoms with Gasteiger partial charge in [0.15, 0.2) is 5.82 Å². The van der Waals surface area contributed by atoms with Gasteiger partial charge < -0.3 is 9.88 Å². The number of carbonyl (C=O) groups excluding carboxylic acids is 1. The third-order valence-corrected chi connectivity index (χ3v) is 4.65. The molecule has 4 aromatic rings. The average molecular weight is 369 g/mol. The first-order valence-electron chi connectivity index (χ1n) is 8.97. The van der Waals surface area contributed by atoms with Gasteiger partial charge in [-0.1, -0.05) is 24.3 Å². The van der Waals surface area contributed by atoms with Crippen molar-refractivity contribution in [3.63, 3.8) is 0 Å². The summed E-state index contributed by atoms with van der Waals surface area (Å²) in [4.78, 5) is 12.4. The third kappa shape index (κ3) is 3.79. The summed E-state index contributed by atoms with van der Waals surface area (Å²) >= 11 is 0. The van der Waals surface area contributed by atoms with Crippen LogP contribution in [0.5, 0.6) is 0 Å². The topological polar surface area (TPSA) is 75.6 Å². The van der Waals surface area contributed by atoms with Crippen LogP contribution >= 0.6 is 0 Å². The summed E-state index contributed by atoms with van der Waals surface area (Å²) in [5.74, 6) is 0.427. The van der Waals surface area contributed by atoms with Crippen LogP contribution in [0.25, 0.3) is 10.9 Å². The van der Waals surface area contributed by atoms with E-state index >= 15 is 0 Å². The molecule has 4 rings (SSSR count). The molecule has 6 nitrogen and oxygen atoms in total. The van der Waals surface area contributed by atoms with Crippen LogP contribution in [0, 0.1) is 11.3 Å². The second-order valence-corrected chi connectivity index (χ2v) is 6.75. The van der Waals surface area contributed by atoms with Gasteiger partial charge in [-0.15, -0.1) is 0 Å². The lowest BCUT2D eigenvalue weighted by Gasteiger charge is -2.05. The second kappa shape index (κ2) is 7.41. The fourth-order valence-electron chi connectivity index (χ4n) is 3.18. The van der Waals surface area contributed by atoms with E-state index in [0.29, 0.717) is 24.3 Å². The van der Waals surface area contributed by atoms with Crippen LogP contribution in [0.4, 0.5) is 5.82 Å². The van der Waals surface area contributed by atoms with Gasteiger partial charge in [0.05, 0.1) is 24.6 Å². The predicted molar refractivity (Wildman–Crippen MR) is 108 cm³/mol. The minimum absolute atomic E-state index is 0.0998. The van der Waals surface area contributed by atoms with Gasteiger partial charge in [0.2, 0.25) is 5.91 Å². The maximum atomic E-state index is 12.4. The van der Waals surface area contributed by atoms with Crippen molar-refractivity contribution >= 4 is 22.6 Å². The van der Waals surface area contributed by atoms with E-state index in [-0.39, 0.29) is 5.91 Å². The molecule has 0 radical (unpaired) electrons. The van der Waals surface area contributed by atoms with E-state index < -0.39 is 0 Å². The Kier molecular flexibility index (Phi) is 4.65. The van der Waals surface area contributed by atoms with Crippen LogP contribution in [0.3, 0.4) is 0 Å². The highest BCUT2D eigenvalue weighted by Gasteiger charge is 2.08. The summed E-state index contributed by atoms with van der Waals surface area (Å²) in [7, 11) is 1.99. The Balaban J connectivity index is 1.39. The Morgan fingerprint density at radius 2 is 1.86 bits per heavy atom. The quantitative estimate of drug-likeness (QED) is 0.585. The van der Waals surface area contributed by atoms with Gasteiger partial charge in [-0.2, -0.15) is 10.4 Å². The zero-order valence-electron chi connectivity index (χ0n) is 15.5. The van der Waals surface area contributed by atoms with Crippen molar-refractivity contribution in [2.75, 3.05) is 5.32 Å². The number of hydrogen-bond donors (Lipinski definition) is 1. The van der Waals surface area contributed by atoms with Crippen LogP contribution in [0.2, 0.25) is 0 Å². The van der Waals surface area contributed by atoms with E-state index in [2.05, 4.69) is 22.6 Å². The molecule has 0 aliphatic rings. The number of carbonyl (C=O) groups is 1. The van der Waals surface area contributed by atoms with Crippen LogP contribution < -0.4 is 5.32 Å². The molecule has 0 saturated carbocycles. The number of nitriles is 1. The molecule has 1 amide bonds. The number of aryl methyl sites for hydroxylation is 1. The summed E-state index contributed by atoms with van der Waals surface area (Å²) in [5.41, 5.74) is 3.74. The monoisotopic (exact) mass is 369 g/mol. The lowest BCUT2D eigenvalue weighted by atomic mass is 10.1. The second-order valence-electron chi connectivity index (χ2n) is 6.75. The first kappa shape index (κ1) is 17.6. The van der Waals surface area contributed by atoms with Crippen LogP contribution in [-0.4, -0.2) is 20.3 Å². The molecule has 2 aromatic carbocycles. The zero-order chi connectivity index (χ0) is 19.5. The van der Waals surface area contributed by atoms with E-state index in [1.807, 2.05) is 54.3 Å². The van der Waals surface area contributed by atoms with E-state index in [1.54, 1.807) is 22.9 Å². The Labute approximate surface area is 162 Å². The van der Waals surface area contributed by atoms with Crippen molar-refractivity contribution in [1.82, 2.24) is 14.3 Å². The maximum absolute atomic E-state index is 12.4. The van der Waals surface area contributed by atoms with Crippen LogP contribution in [0.1, 0.15) is 16.7 Å². The van der Waals surface area contributed by atoms with E-state index in [9.17, 15) is 4.79 Å². The minimum atomic E-state index is -0.0998. The third-order valence-electron chi connectivity index (χ3n) is 4.65. The summed E-state index contributed by atoms with van der Waals surface area (Å²) in [6.45, 7) is 0.575. The average Bonchev–Trinajstić information content (AvgIpc) is 3.29. The number of amides is 1. The van der Waals surface area contributed by atoms with Gasteiger partial charge in [0.25, 0.3) is 0 Å². The maximum Gasteiger partial charge on any atom is 0.229 e. The normalized spacial score (nSPS) is 10.7. The van der Waals surface area contributed by atoms with Gasteiger partial charge in [-0.25, -0.2) is 0 Å². The molecule has 0 spiro atoms. The molecular formula is C22H19N5O. The van der Waals surface area contributed by atoms with Gasteiger partial charge in [0.1, 0.15) is 0 Å². The van der Waals surface area contributed by atoms with Crippen LogP contribution in [0.15, 0.2) is 67.0 Å². The molecular weight excluding hydrogens is 350 g/mol. The SMILES string of the molecule is Cn1ccc2ccc(CC(=O)Nc3ccn(Cc4ccc(C#N)cc4)n3)cc21. The molecule has 0 saturated heterocycles. The highest BCUT2D eigenvalue weighted by atomic mass is 16.1. The van der Waals surface area contributed by atoms with Crippen molar-refractivity contribution in [2.24, 2.45) is 7.05 Å². The molecule has 0 fully saturated rings. The molecule has 0 unspecified atom stereocenters. The largest absolute Gasteiger partial charge is 0.351 e. The number of benzene rings is 2. The summed E-state index contributed by atoms with van der Waals surface area (Å²) in [5, 5.41) is 17.3. The summed E-state index contributed by atoms with van der Waals surface area (Å²) < 4.78 is 3.80. The zero-order valence-corrected chi connectivity index (χ0v) is 15.5. The molecule has 6 heteroatoms. The smallest absolute Gasteiger partial charge is 0.229 e. The lowest BCUT2D eigenvalue weighted by Crippen LogP contribution is -2.15. The lowest BCUT2D eigenvalue weighted by molar-refractivity contribution is -0.115. The molecule has 0 aliphatic heterocycles. The van der Waals surface area contributed by atoms with Gasteiger partial charge in [-0.3, -0.25) is 9.48 Å². The first-order valence-corrected chi connectivity index (χ1v) is 8.97. The van der Waals surface area contributed by atoms with Crippen molar-refractivity contribution in [3.05, 3.63) is 83.7 Å². The fraction of sp³-hybridized carbons (Fsp3) is 0.136. The van der Waals surface area contributed by atoms with Crippen LogP contribution in [-0.2, 0) is 24.8 Å². The Bertz CT molecular complexity index is 1180. The number of hydrogen-bond acceptors (Lipinski definition) is 3. The molecule has 138 valence electrons. The molecule has 0 aliphatic carbocycles. The molecule has 0 atom stereocenters. The van der Waals surface area contributed by atoms with Crippen molar-refractivity contribution in [2.45, 2.75) is 13.0 Å². The molecule has 2 heterocycles. The number of nitrogens with zero attached hydrogens (tertiary/aromatic N) is 4. The van der Waals surface area contributed by atoms with Gasteiger partial charge in [0, 0.05) is 31.0 Å². The van der Waals surface area contributed by atoms with Gasteiger partial charge >= 0.3 is 0 Å².